The fourth-order valence-electron chi connectivity index (χ4n) is 2.34. The molecule has 0 aliphatic rings. The fraction of sp³-hybridized carbons (Fsp3) is 0. The minimum absolute atomic E-state index is 0.289. The summed E-state index contributed by atoms with van der Waals surface area (Å²) in [6.07, 6.45) is 3.25. The van der Waals surface area contributed by atoms with Crippen LogP contribution in [0.2, 0.25) is 10.0 Å². The first-order valence-corrected chi connectivity index (χ1v) is 8.30. The summed E-state index contributed by atoms with van der Waals surface area (Å²) in [4.78, 5) is 20.5. The number of thiophene rings is 1. The number of pyridine rings is 1. The van der Waals surface area contributed by atoms with Crippen LogP contribution in [0.3, 0.4) is 0 Å². The van der Waals surface area contributed by atoms with E-state index in [4.69, 9.17) is 35.5 Å². The van der Waals surface area contributed by atoms with Crippen LogP contribution in [0.1, 0.15) is 9.67 Å². The number of benzene rings is 1. The van der Waals surface area contributed by atoms with Crippen molar-refractivity contribution >= 4 is 46.1 Å². The van der Waals surface area contributed by atoms with E-state index in [0.717, 1.165) is 5.56 Å². The largest absolute Gasteiger partial charge is 0.365 e. The van der Waals surface area contributed by atoms with E-state index in [1.54, 1.807) is 42.7 Å². The van der Waals surface area contributed by atoms with E-state index in [-0.39, 0.29) is 4.88 Å². The van der Waals surface area contributed by atoms with Crippen molar-refractivity contribution in [3.63, 3.8) is 0 Å². The molecule has 7 heteroatoms. The second-order valence-corrected chi connectivity index (χ2v) is 6.68. The van der Waals surface area contributed by atoms with Crippen molar-refractivity contribution in [2.24, 2.45) is 5.73 Å². The first-order valence-electron chi connectivity index (χ1n) is 6.72. The van der Waals surface area contributed by atoms with Crippen LogP contribution in [0.25, 0.3) is 26.4 Å². The van der Waals surface area contributed by atoms with E-state index >= 15 is 0 Å². The highest BCUT2D eigenvalue weighted by molar-refractivity contribution is 7.18. The number of carbonyl (C=O) groups is 1. The Morgan fingerprint density at radius 3 is 2.50 bits per heavy atom. The Morgan fingerprint density at radius 2 is 1.92 bits per heavy atom. The van der Waals surface area contributed by atoms with Crippen LogP contribution in [0, 0.1) is 6.57 Å². The topological polar surface area (TPSA) is 60.3 Å². The lowest BCUT2D eigenvalue weighted by Gasteiger charge is -2.06. The third kappa shape index (κ3) is 2.87. The average Bonchev–Trinajstić information content (AvgIpc) is 2.95. The Hall–Kier alpha value is -2.39. The molecule has 24 heavy (non-hydrogen) atoms. The molecule has 2 aromatic heterocycles. The zero-order valence-electron chi connectivity index (χ0n) is 12.1. The molecular formula is C17H9Cl2N3OS. The molecule has 118 valence electrons. The molecule has 0 spiro atoms. The van der Waals surface area contributed by atoms with E-state index in [1.165, 1.54) is 11.3 Å². The standard InChI is InChI=1S/C17H9Cl2N3OS/c1-21-14-13(11-3-2-10(18)8-12(11)19)16(17(20)23)24-15(14)9-4-6-22-7-5-9/h2-8H,(H2,20,23). The second kappa shape index (κ2) is 6.62. The molecule has 0 unspecified atom stereocenters. The minimum atomic E-state index is -0.605. The van der Waals surface area contributed by atoms with Crippen molar-refractivity contribution in [3.8, 4) is 21.6 Å². The summed E-state index contributed by atoms with van der Waals surface area (Å²) in [6, 6.07) is 8.47. The van der Waals surface area contributed by atoms with Crippen LogP contribution in [-0.2, 0) is 0 Å². The van der Waals surface area contributed by atoms with Gasteiger partial charge in [-0.05, 0) is 35.4 Å². The van der Waals surface area contributed by atoms with Gasteiger partial charge in [-0.25, -0.2) is 4.85 Å². The average molecular weight is 374 g/mol. The first kappa shape index (κ1) is 16.5. The van der Waals surface area contributed by atoms with Gasteiger partial charge in [0, 0.05) is 32.9 Å². The predicted molar refractivity (Wildman–Crippen MR) is 97.8 cm³/mol. The Labute approximate surface area is 152 Å². The highest BCUT2D eigenvalue weighted by Crippen LogP contribution is 2.49. The van der Waals surface area contributed by atoms with Gasteiger partial charge in [0.2, 0.25) is 5.69 Å². The van der Waals surface area contributed by atoms with Gasteiger partial charge in [-0.1, -0.05) is 29.3 Å². The molecule has 1 aromatic carbocycles. The second-order valence-electron chi connectivity index (χ2n) is 4.82. The number of aromatic nitrogens is 1. The number of halogens is 2. The van der Waals surface area contributed by atoms with E-state index in [2.05, 4.69) is 9.83 Å². The van der Waals surface area contributed by atoms with Gasteiger partial charge in [-0.3, -0.25) is 9.78 Å². The molecule has 2 heterocycles. The summed E-state index contributed by atoms with van der Waals surface area (Å²) in [5.74, 6) is -0.605. The molecule has 1 amide bonds. The van der Waals surface area contributed by atoms with Gasteiger partial charge in [-0.2, -0.15) is 0 Å². The van der Waals surface area contributed by atoms with Crippen LogP contribution >= 0.6 is 34.5 Å². The number of amides is 1. The molecule has 0 atom stereocenters. The maximum atomic E-state index is 11.9. The summed E-state index contributed by atoms with van der Waals surface area (Å²) >= 11 is 13.4. The van der Waals surface area contributed by atoms with Gasteiger partial charge < -0.3 is 5.73 Å². The summed E-state index contributed by atoms with van der Waals surface area (Å²) in [5, 5.41) is 0.826. The molecule has 0 bridgehead atoms. The third-order valence-electron chi connectivity index (χ3n) is 3.36. The minimum Gasteiger partial charge on any atom is -0.365 e. The first-order chi connectivity index (χ1) is 11.5. The summed E-state index contributed by atoms with van der Waals surface area (Å²) in [5.41, 5.74) is 7.66. The Bertz CT molecular complexity index is 977. The maximum absolute atomic E-state index is 11.9. The van der Waals surface area contributed by atoms with E-state index < -0.39 is 5.91 Å². The normalized spacial score (nSPS) is 10.4. The van der Waals surface area contributed by atoms with Gasteiger partial charge in [0.05, 0.1) is 11.4 Å². The summed E-state index contributed by atoms with van der Waals surface area (Å²) in [6.45, 7) is 7.59. The van der Waals surface area contributed by atoms with Crippen LogP contribution in [0.5, 0.6) is 0 Å². The van der Waals surface area contributed by atoms with Gasteiger partial charge >= 0.3 is 0 Å². The lowest BCUT2D eigenvalue weighted by Crippen LogP contribution is -2.09. The van der Waals surface area contributed by atoms with Gasteiger partial charge in [0.1, 0.15) is 0 Å². The van der Waals surface area contributed by atoms with Crippen LogP contribution in [0.4, 0.5) is 5.69 Å². The molecular weight excluding hydrogens is 365 g/mol. The van der Waals surface area contributed by atoms with Crippen molar-refractivity contribution in [1.29, 1.82) is 0 Å². The SMILES string of the molecule is [C-]#[N+]c1c(-c2ccncc2)sc(C(N)=O)c1-c1ccc(Cl)cc1Cl. The Kier molecular flexibility index (Phi) is 4.54. The van der Waals surface area contributed by atoms with Crippen molar-refractivity contribution in [2.75, 3.05) is 0 Å². The molecule has 3 rings (SSSR count). The smallest absolute Gasteiger partial charge is 0.258 e. The molecule has 3 aromatic rings. The quantitative estimate of drug-likeness (QED) is 0.621. The molecule has 0 radical (unpaired) electrons. The maximum Gasteiger partial charge on any atom is 0.258 e. The zero-order valence-corrected chi connectivity index (χ0v) is 14.4. The number of nitrogens with two attached hydrogens (primary N) is 1. The number of primary amides is 1. The van der Waals surface area contributed by atoms with Gasteiger partial charge in [-0.15, -0.1) is 11.3 Å². The fourth-order valence-corrected chi connectivity index (χ4v) is 3.96. The number of nitrogens with zero attached hydrogens (tertiary/aromatic N) is 2. The Balaban J connectivity index is 2.35. The van der Waals surface area contributed by atoms with Crippen molar-refractivity contribution in [1.82, 2.24) is 4.98 Å². The molecule has 0 saturated heterocycles. The highest BCUT2D eigenvalue weighted by atomic mass is 35.5. The third-order valence-corrected chi connectivity index (χ3v) is 5.15. The summed E-state index contributed by atoms with van der Waals surface area (Å²) < 4.78 is 0. The van der Waals surface area contributed by atoms with Crippen molar-refractivity contribution < 1.29 is 4.79 Å². The van der Waals surface area contributed by atoms with Gasteiger partial charge in [0.25, 0.3) is 5.91 Å². The van der Waals surface area contributed by atoms with E-state index in [1.807, 2.05) is 0 Å². The highest BCUT2D eigenvalue weighted by Gasteiger charge is 2.25. The molecule has 2 N–H and O–H groups in total. The zero-order chi connectivity index (χ0) is 17.3. The summed E-state index contributed by atoms with van der Waals surface area (Å²) in [7, 11) is 0. The van der Waals surface area contributed by atoms with Crippen molar-refractivity contribution in [2.45, 2.75) is 0 Å². The number of hydrogen-bond acceptors (Lipinski definition) is 3. The number of hydrogen-bond donors (Lipinski definition) is 1. The predicted octanol–water partition coefficient (Wildman–Crippen LogP) is 5.43. The van der Waals surface area contributed by atoms with Crippen LogP contribution in [0.15, 0.2) is 42.7 Å². The monoisotopic (exact) mass is 373 g/mol. The molecule has 0 saturated carbocycles. The number of rotatable bonds is 3. The van der Waals surface area contributed by atoms with Crippen molar-refractivity contribution in [3.05, 3.63) is 69.1 Å². The van der Waals surface area contributed by atoms with Crippen LogP contribution < -0.4 is 5.73 Å². The van der Waals surface area contributed by atoms with Gasteiger partial charge in [0.15, 0.2) is 0 Å². The van der Waals surface area contributed by atoms with Crippen LogP contribution in [-0.4, -0.2) is 10.9 Å². The molecule has 0 fully saturated rings. The lowest BCUT2D eigenvalue weighted by atomic mass is 10.0. The number of carbonyl (C=O) groups excluding carboxylic acids is 1. The molecule has 4 nitrogen and oxygen atoms in total. The molecule has 0 aliphatic heterocycles. The lowest BCUT2D eigenvalue weighted by molar-refractivity contribution is 0.100. The Morgan fingerprint density at radius 1 is 1.21 bits per heavy atom. The molecule has 0 aliphatic carbocycles. The van der Waals surface area contributed by atoms with E-state index in [9.17, 15) is 4.79 Å². The van der Waals surface area contributed by atoms with E-state index in [0.29, 0.717) is 31.7 Å².